The van der Waals surface area contributed by atoms with Crippen LogP contribution in [0.3, 0.4) is 0 Å². The summed E-state index contributed by atoms with van der Waals surface area (Å²) in [7, 11) is 2.20. The lowest BCUT2D eigenvalue weighted by Crippen LogP contribution is -2.39. The van der Waals surface area contributed by atoms with Gasteiger partial charge in [0.05, 0.1) is 6.10 Å². The van der Waals surface area contributed by atoms with Gasteiger partial charge in [0.15, 0.2) is 0 Å². The van der Waals surface area contributed by atoms with Crippen molar-refractivity contribution in [2.75, 3.05) is 26.7 Å². The van der Waals surface area contributed by atoms with E-state index in [4.69, 9.17) is 4.74 Å². The molecule has 3 nitrogen and oxygen atoms in total. The summed E-state index contributed by atoms with van der Waals surface area (Å²) < 4.78 is 5.63. The van der Waals surface area contributed by atoms with Crippen LogP contribution in [0.15, 0.2) is 24.3 Å². The first-order valence-electron chi connectivity index (χ1n) is 7.73. The molecule has 0 saturated carbocycles. The number of rotatable bonds is 7. The third-order valence-corrected chi connectivity index (χ3v) is 4.10. The summed E-state index contributed by atoms with van der Waals surface area (Å²) in [6.07, 6.45) is 2.86. The fraction of sp³-hybridized carbons (Fsp3) is 0.647. The largest absolute Gasteiger partial charge is 0.377 e. The molecule has 2 atom stereocenters. The Morgan fingerprint density at radius 3 is 3.00 bits per heavy atom. The van der Waals surface area contributed by atoms with Crippen LogP contribution in [0, 0.1) is 6.92 Å². The van der Waals surface area contributed by atoms with E-state index in [0.29, 0.717) is 12.1 Å². The standard InChI is InChI=1S/C17H28N2O/c1-14-6-4-7-16(10-14)13-19(3)15(2)11-18-12-17-8-5-9-20-17/h4,6-7,10,15,17-18H,5,8-9,11-13H2,1-3H3. The second kappa shape index (κ2) is 7.77. The van der Waals surface area contributed by atoms with Gasteiger partial charge >= 0.3 is 0 Å². The average molecular weight is 276 g/mol. The Labute approximate surface area is 123 Å². The third kappa shape index (κ3) is 4.89. The zero-order chi connectivity index (χ0) is 14.4. The Hall–Kier alpha value is -0.900. The first-order valence-corrected chi connectivity index (χ1v) is 7.73. The normalized spacial score (nSPS) is 20.5. The van der Waals surface area contributed by atoms with Gasteiger partial charge in [-0.25, -0.2) is 0 Å². The van der Waals surface area contributed by atoms with E-state index in [0.717, 1.165) is 26.2 Å². The first kappa shape index (κ1) is 15.5. The highest BCUT2D eigenvalue weighted by Crippen LogP contribution is 2.11. The van der Waals surface area contributed by atoms with Crippen LogP contribution >= 0.6 is 0 Å². The van der Waals surface area contributed by atoms with Crippen LogP contribution in [0.5, 0.6) is 0 Å². The molecule has 1 fully saturated rings. The van der Waals surface area contributed by atoms with Crippen LogP contribution in [-0.4, -0.2) is 43.8 Å². The number of benzene rings is 1. The molecule has 0 bridgehead atoms. The van der Waals surface area contributed by atoms with Gasteiger partial charge in [0.25, 0.3) is 0 Å². The van der Waals surface area contributed by atoms with Crippen molar-refractivity contribution in [3.05, 3.63) is 35.4 Å². The molecule has 112 valence electrons. The molecule has 1 aromatic carbocycles. The van der Waals surface area contributed by atoms with Gasteiger partial charge < -0.3 is 10.1 Å². The summed E-state index contributed by atoms with van der Waals surface area (Å²) in [5, 5.41) is 3.54. The second-order valence-corrected chi connectivity index (χ2v) is 6.05. The highest BCUT2D eigenvalue weighted by Gasteiger charge is 2.16. The number of nitrogens with one attached hydrogen (secondary N) is 1. The van der Waals surface area contributed by atoms with Crippen molar-refractivity contribution in [1.29, 1.82) is 0 Å². The summed E-state index contributed by atoms with van der Waals surface area (Å²) in [6, 6.07) is 9.28. The van der Waals surface area contributed by atoms with Gasteiger partial charge in [-0.2, -0.15) is 0 Å². The predicted molar refractivity (Wildman–Crippen MR) is 84.0 cm³/mol. The highest BCUT2D eigenvalue weighted by molar-refractivity contribution is 5.22. The topological polar surface area (TPSA) is 24.5 Å². The Kier molecular flexibility index (Phi) is 6.02. The molecule has 1 aliphatic rings. The van der Waals surface area contributed by atoms with Crippen LogP contribution in [0.4, 0.5) is 0 Å². The molecule has 20 heavy (non-hydrogen) atoms. The van der Waals surface area contributed by atoms with Crippen molar-refractivity contribution in [3.8, 4) is 0 Å². The second-order valence-electron chi connectivity index (χ2n) is 6.05. The molecule has 1 saturated heterocycles. The van der Waals surface area contributed by atoms with Crippen LogP contribution < -0.4 is 5.32 Å². The third-order valence-electron chi connectivity index (χ3n) is 4.10. The zero-order valence-electron chi connectivity index (χ0n) is 13.1. The molecule has 1 aromatic rings. The van der Waals surface area contributed by atoms with E-state index in [2.05, 4.69) is 55.4 Å². The monoisotopic (exact) mass is 276 g/mol. The Morgan fingerprint density at radius 1 is 1.45 bits per heavy atom. The van der Waals surface area contributed by atoms with Gasteiger partial charge in [-0.15, -0.1) is 0 Å². The Bertz CT molecular complexity index is 402. The predicted octanol–water partition coefficient (Wildman–Crippen LogP) is 2.58. The molecule has 0 spiro atoms. The van der Waals surface area contributed by atoms with Crippen molar-refractivity contribution < 1.29 is 4.74 Å². The average Bonchev–Trinajstić information content (AvgIpc) is 2.91. The van der Waals surface area contributed by atoms with Gasteiger partial charge in [0.2, 0.25) is 0 Å². The van der Waals surface area contributed by atoms with Gasteiger partial charge in [0.1, 0.15) is 0 Å². The first-order chi connectivity index (χ1) is 9.65. The van der Waals surface area contributed by atoms with E-state index in [-0.39, 0.29) is 0 Å². The van der Waals surface area contributed by atoms with E-state index in [1.165, 1.54) is 24.0 Å². The minimum absolute atomic E-state index is 0.435. The number of aryl methyl sites for hydroxylation is 1. The van der Waals surface area contributed by atoms with Gasteiger partial charge in [-0.05, 0) is 39.3 Å². The van der Waals surface area contributed by atoms with E-state index in [1.807, 2.05) is 0 Å². The lowest BCUT2D eigenvalue weighted by atomic mass is 10.1. The molecule has 2 rings (SSSR count). The summed E-state index contributed by atoms with van der Waals surface area (Å²) in [5.74, 6) is 0. The molecule has 0 aromatic heterocycles. The molecule has 3 heteroatoms. The van der Waals surface area contributed by atoms with Crippen molar-refractivity contribution in [3.63, 3.8) is 0 Å². The maximum Gasteiger partial charge on any atom is 0.0700 e. The maximum atomic E-state index is 5.63. The molecule has 0 amide bonds. The fourth-order valence-corrected chi connectivity index (χ4v) is 2.67. The van der Waals surface area contributed by atoms with Gasteiger partial charge in [-0.3, -0.25) is 4.90 Å². The molecule has 1 aliphatic heterocycles. The maximum absolute atomic E-state index is 5.63. The van der Waals surface area contributed by atoms with Crippen LogP contribution in [-0.2, 0) is 11.3 Å². The molecule has 2 unspecified atom stereocenters. The van der Waals surface area contributed by atoms with Crippen LogP contribution in [0.1, 0.15) is 30.9 Å². The number of hydrogen-bond donors (Lipinski definition) is 1. The number of ether oxygens (including phenoxy) is 1. The molecular formula is C17H28N2O. The molecule has 0 aliphatic carbocycles. The Balaban J connectivity index is 1.69. The van der Waals surface area contributed by atoms with Crippen molar-refractivity contribution in [2.24, 2.45) is 0 Å². The molecule has 1 heterocycles. The molecule has 0 radical (unpaired) electrons. The number of nitrogens with zero attached hydrogens (tertiary/aromatic N) is 1. The summed E-state index contributed by atoms with van der Waals surface area (Å²) >= 11 is 0. The molecule has 1 N–H and O–H groups in total. The van der Waals surface area contributed by atoms with Crippen molar-refractivity contribution in [1.82, 2.24) is 10.2 Å². The fourth-order valence-electron chi connectivity index (χ4n) is 2.67. The van der Waals surface area contributed by atoms with E-state index < -0.39 is 0 Å². The smallest absolute Gasteiger partial charge is 0.0700 e. The quantitative estimate of drug-likeness (QED) is 0.828. The van der Waals surface area contributed by atoms with Crippen LogP contribution in [0.25, 0.3) is 0 Å². The van der Waals surface area contributed by atoms with Gasteiger partial charge in [-0.1, -0.05) is 29.8 Å². The zero-order valence-corrected chi connectivity index (χ0v) is 13.1. The van der Waals surface area contributed by atoms with Crippen molar-refractivity contribution >= 4 is 0 Å². The lowest BCUT2D eigenvalue weighted by Gasteiger charge is -2.25. The number of hydrogen-bond acceptors (Lipinski definition) is 3. The summed E-state index contributed by atoms with van der Waals surface area (Å²) in [5.41, 5.74) is 2.72. The minimum Gasteiger partial charge on any atom is -0.377 e. The summed E-state index contributed by atoms with van der Waals surface area (Å²) in [4.78, 5) is 2.40. The number of likely N-dealkylation sites (N-methyl/N-ethyl adjacent to an activating group) is 1. The summed E-state index contributed by atoms with van der Waals surface area (Å²) in [6.45, 7) is 8.37. The van der Waals surface area contributed by atoms with Crippen LogP contribution in [0.2, 0.25) is 0 Å². The molecular weight excluding hydrogens is 248 g/mol. The highest BCUT2D eigenvalue weighted by atomic mass is 16.5. The Morgan fingerprint density at radius 2 is 2.30 bits per heavy atom. The SMILES string of the molecule is Cc1cccc(CN(C)C(C)CNCC2CCCO2)c1. The van der Waals surface area contributed by atoms with E-state index in [1.54, 1.807) is 0 Å². The minimum atomic E-state index is 0.435. The van der Waals surface area contributed by atoms with Gasteiger partial charge in [0, 0.05) is 32.3 Å². The lowest BCUT2D eigenvalue weighted by molar-refractivity contribution is 0.108. The van der Waals surface area contributed by atoms with Crippen molar-refractivity contribution in [2.45, 2.75) is 45.4 Å². The van der Waals surface area contributed by atoms with E-state index in [9.17, 15) is 0 Å². The van der Waals surface area contributed by atoms with E-state index >= 15 is 0 Å².